The van der Waals surface area contributed by atoms with Crippen LogP contribution in [-0.4, -0.2) is 29.7 Å². The molecule has 1 fully saturated rings. The first kappa shape index (κ1) is 16.1. The van der Waals surface area contributed by atoms with Gasteiger partial charge in [-0.1, -0.05) is 24.8 Å². The lowest BCUT2D eigenvalue weighted by Crippen LogP contribution is -2.22. The number of carbonyl (C=O) groups is 2. The van der Waals surface area contributed by atoms with Crippen molar-refractivity contribution in [1.82, 2.24) is 4.90 Å². The Balaban J connectivity index is 2.30. The lowest BCUT2D eigenvalue weighted by atomic mass is 10.1. The van der Waals surface area contributed by atoms with Crippen molar-refractivity contribution in [1.29, 1.82) is 0 Å². The number of allylic oxidation sites excluding steroid dienone is 1. The summed E-state index contributed by atoms with van der Waals surface area (Å²) in [5.41, 5.74) is 1.82. The van der Waals surface area contributed by atoms with Crippen molar-refractivity contribution in [2.45, 2.75) is 6.42 Å². The number of nitrogens with zero attached hydrogens (tertiary/aromatic N) is 1. The third-order valence-electron chi connectivity index (χ3n) is 3.09. The van der Waals surface area contributed by atoms with Crippen LogP contribution < -0.4 is 4.74 Å². The van der Waals surface area contributed by atoms with E-state index in [-0.39, 0.29) is 11.1 Å². The van der Waals surface area contributed by atoms with Crippen LogP contribution in [0.5, 0.6) is 5.75 Å². The van der Waals surface area contributed by atoms with Gasteiger partial charge in [0.15, 0.2) is 0 Å². The molecule has 0 unspecified atom stereocenters. The van der Waals surface area contributed by atoms with E-state index in [1.54, 1.807) is 18.2 Å². The molecule has 2 amide bonds. The SMILES string of the molecule is C=CCOc1ccc(/C=C2\SC(=O)N(C)C2=O)cc1CC=C. The Morgan fingerprint density at radius 1 is 1.27 bits per heavy atom. The summed E-state index contributed by atoms with van der Waals surface area (Å²) in [6.45, 7) is 7.80. The van der Waals surface area contributed by atoms with Gasteiger partial charge in [0.25, 0.3) is 11.1 Å². The predicted molar refractivity (Wildman–Crippen MR) is 89.8 cm³/mol. The lowest BCUT2D eigenvalue weighted by molar-refractivity contribution is -0.121. The first-order chi connectivity index (χ1) is 10.6. The van der Waals surface area contributed by atoms with Gasteiger partial charge in [0.2, 0.25) is 0 Å². The minimum absolute atomic E-state index is 0.256. The Hall–Kier alpha value is -2.27. The van der Waals surface area contributed by atoms with E-state index in [0.717, 1.165) is 33.5 Å². The van der Waals surface area contributed by atoms with E-state index in [2.05, 4.69) is 13.2 Å². The molecule has 0 aromatic heterocycles. The number of hydrogen-bond acceptors (Lipinski definition) is 4. The molecule has 1 aromatic rings. The summed E-state index contributed by atoms with van der Waals surface area (Å²) in [6.07, 6.45) is 5.85. The topological polar surface area (TPSA) is 46.6 Å². The van der Waals surface area contributed by atoms with Crippen LogP contribution in [0.2, 0.25) is 0 Å². The molecule has 0 spiro atoms. The fraction of sp³-hybridized carbons (Fsp3) is 0.176. The van der Waals surface area contributed by atoms with Gasteiger partial charge in [0.05, 0.1) is 4.91 Å². The maximum atomic E-state index is 11.9. The Morgan fingerprint density at radius 2 is 2.05 bits per heavy atom. The van der Waals surface area contributed by atoms with Gasteiger partial charge in [0, 0.05) is 7.05 Å². The summed E-state index contributed by atoms with van der Waals surface area (Å²) in [5.74, 6) is 0.493. The maximum absolute atomic E-state index is 11.9. The van der Waals surface area contributed by atoms with Crippen LogP contribution in [0.1, 0.15) is 11.1 Å². The molecule has 0 atom stereocenters. The van der Waals surface area contributed by atoms with Gasteiger partial charge >= 0.3 is 0 Å². The second-order valence-electron chi connectivity index (χ2n) is 4.70. The van der Waals surface area contributed by atoms with Gasteiger partial charge in [-0.25, -0.2) is 0 Å². The maximum Gasteiger partial charge on any atom is 0.293 e. The summed E-state index contributed by atoms with van der Waals surface area (Å²) >= 11 is 0.948. The number of amides is 2. The van der Waals surface area contributed by atoms with Crippen molar-refractivity contribution >= 4 is 29.0 Å². The fourth-order valence-electron chi connectivity index (χ4n) is 1.99. The lowest BCUT2D eigenvalue weighted by Gasteiger charge is -2.10. The van der Waals surface area contributed by atoms with E-state index in [9.17, 15) is 9.59 Å². The van der Waals surface area contributed by atoms with Gasteiger partial charge in [-0.05, 0) is 47.5 Å². The molecule has 2 rings (SSSR count). The van der Waals surface area contributed by atoms with Crippen LogP contribution in [0.25, 0.3) is 6.08 Å². The molecule has 0 radical (unpaired) electrons. The van der Waals surface area contributed by atoms with E-state index in [1.165, 1.54) is 7.05 Å². The molecule has 1 saturated heterocycles. The van der Waals surface area contributed by atoms with Gasteiger partial charge in [0.1, 0.15) is 12.4 Å². The number of likely N-dealkylation sites (N-methyl/N-ethyl adjacent to an activating group) is 1. The molecule has 114 valence electrons. The minimum atomic E-state index is -0.271. The van der Waals surface area contributed by atoms with Gasteiger partial charge in [-0.15, -0.1) is 6.58 Å². The average Bonchev–Trinajstić information content (AvgIpc) is 2.74. The molecule has 0 aliphatic carbocycles. The highest BCUT2D eigenvalue weighted by atomic mass is 32.2. The summed E-state index contributed by atoms with van der Waals surface area (Å²) in [7, 11) is 1.48. The number of imide groups is 1. The fourth-order valence-corrected chi connectivity index (χ4v) is 2.82. The molecule has 4 nitrogen and oxygen atoms in total. The number of carbonyl (C=O) groups excluding carboxylic acids is 2. The number of ether oxygens (including phenoxy) is 1. The van der Waals surface area contributed by atoms with Crippen molar-refractivity contribution in [3.8, 4) is 5.75 Å². The first-order valence-electron chi connectivity index (χ1n) is 6.76. The zero-order valence-electron chi connectivity index (χ0n) is 12.4. The van der Waals surface area contributed by atoms with Crippen molar-refractivity contribution in [3.63, 3.8) is 0 Å². The molecule has 0 N–H and O–H groups in total. The van der Waals surface area contributed by atoms with Crippen LogP contribution in [0.15, 0.2) is 48.4 Å². The number of thioether (sulfide) groups is 1. The Kier molecular flexibility index (Phi) is 5.22. The van der Waals surface area contributed by atoms with E-state index in [4.69, 9.17) is 4.74 Å². The van der Waals surface area contributed by atoms with E-state index in [1.807, 2.05) is 18.2 Å². The second kappa shape index (κ2) is 7.13. The van der Waals surface area contributed by atoms with Crippen molar-refractivity contribution < 1.29 is 14.3 Å². The highest BCUT2D eigenvalue weighted by Gasteiger charge is 2.31. The van der Waals surface area contributed by atoms with Gasteiger partial charge in [-0.2, -0.15) is 0 Å². The smallest absolute Gasteiger partial charge is 0.293 e. The second-order valence-corrected chi connectivity index (χ2v) is 5.69. The molecular weight excluding hydrogens is 298 g/mol. The molecule has 5 heteroatoms. The van der Waals surface area contributed by atoms with E-state index in [0.29, 0.717) is 17.9 Å². The van der Waals surface area contributed by atoms with Crippen molar-refractivity contribution in [2.24, 2.45) is 0 Å². The monoisotopic (exact) mass is 315 g/mol. The number of hydrogen-bond donors (Lipinski definition) is 0. The third kappa shape index (κ3) is 3.49. The molecule has 1 aromatic carbocycles. The van der Waals surface area contributed by atoms with Crippen LogP contribution in [0, 0.1) is 0 Å². The average molecular weight is 315 g/mol. The zero-order chi connectivity index (χ0) is 16.1. The van der Waals surface area contributed by atoms with Crippen molar-refractivity contribution in [3.05, 3.63) is 59.5 Å². The van der Waals surface area contributed by atoms with Gasteiger partial charge in [-0.3, -0.25) is 14.5 Å². The molecule has 22 heavy (non-hydrogen) atoms. The number of rotatable bonds is 6. The van der Waals surface area contributed by atoms with E-state index >= 15 is 0 Å². The molecule has 1 aliphatic rings. The van der Waals surface area contributed by atoms with Crippen LogP contribution in [0.4, 0.5) is 4.79 Å². The van der Waals surface area contributed by atoms with Crippen LogP contribution >= 0.6 is 11.8 Å². The number of benzene rings is 1. The van der Waals surface area contributed by atoms with Crippen molar-refractivity contribution in [2.75, 3.05) is 13.7 Å². The molecular formula is C17H17NO3S. The predicted octanol–water partition coefficient (Wildman–Crippen LogP) is 3.65. The highest BCUT2D eigenvalue weighted by Crippen LogP contribution is 2.32. The summed E-state index contributed by atoms with van der Waals surface area (Å²) in [4.78, 5) is 25.0. The highest BCUT2D eigenvalue weighted by molar-refractivity contribution is 8.18. The Morgan fingerprint density at radius 3 is 2.64 bits per heavy atom. The standard InChI is InChI=1S/C17H17NO3S/c1-4-6-13-10-12(7-8-14(13)21-9-5-2)11-15-16(19)18(3)17(20)22-15/h4-5,7-8,10-11H,1-2,6,9H2,3H3/b15-11-. The molecule has 0 bridgehead atoms. The first-order valence-corrected chi connectivity index (χ1v) is 7.57. The van der Waals surface area contributed by atoms with Gasteiger partial charge < -0.3 is 4.74 Å². The Labute approximate surface area is 134 Å². The molecule has 1 aliphatic heterocycles. The Bertz CT molecular complexity index is 664. The molecule has 0 saturated carbocycles. The summed E-state index contributed by atoms with van der Waals surface area (Å²) in [6, 6.07) is 5.64. The molecule has 1 heterocycles. The normalized spacial score (nSPS) is 16.2. The summed E-state index contributed by atoms with van der Waals surface area (Å²) < 4.78 is 5.60. The minimum Gasteiger partial charge on any atom is -0.489 e. The summed E-state index contributed by atoms with van der Waals surface area (Å²) in [5, 5.41) is -0.256. The van der Waals surface area contributed by atoms with E-state index < -0.39 is 0 Å². The zero-order valence-corrected chi connectivity index (χ0v) is 13.2. The quantitative estimate of drug-likeness (QED) is 0.594. The van der Waals surface area contributed by atoms with Crippen LogP contribution in [0.3, 0.4) is 0 Å². The van der Waals surface area contributed by atoms with Crippen LogP contribution in [-0.2, 0) is 11.2 Å². The largest absolute Gasteiger partial charge is 0.489 e. The third-order valence-corrected chi connectivity index (χ3v) is 4.05.